The van der Waals surface area contributed by atoms with Crippen molar-refractivity contribution in [2.45, 2.75) is 55.0 Å². The van der Waals surface area contributed by atoms with Crippen molar-refractivity contribution in [3.8, 4) is 0 Å². The molecule has 130 valence electrons. The molecule has 0 aromatic heterocycles. The highest BCUT2D eigenvalue weighted by molar-refractivity contribution is 7.93. The largest absolute Gasteiger partial charge is 0.459 e. The smallest absolute Gasteiger partial charge is 0.303 e. The second kappa shape index (κ2) is 5.88. The van der Waals surface area contributed by atoms with E-state index >= 15 is 0 Å². The number of fused-ring (bicyclic) bond motifs is 1. The van der Waals surface area contributed by atoms with Crippen molar-refractivity contribution in [1.82, 2.24) is 0 Å². The molecule has 24 heavy (non-hydrogen) atoms. The summed E-state index contributed by atoms with van der Waals surface area (Å²) in [6.45, 7) is 2.50. The van der Waals surface area contributed by atoms with Gasteiger partial charge in [-0.3, -0.25) is 9.59 Å². The molecule has 3 rings (SSSR count). The Morgan fingerprint density at radius 2 is 1.67 bits per heavy atom. The van der Waals surface area contributed by atoms with Gasteiger partial charge in [0.05, 0.1) is 4.90 Å². The van der Waals surface area contributed by atoms with Gasteiger partial charge in [-0.25, -0.2) is 8.42 Å². The number of carbonyl (C=O) groups is 2. The highest BCUT2D eigenvalue weighted by Gasteiger charge is 2.73. The van der Waals surface area contributed by atoms with Crippen LogP contribution in [0.4, 0.5) is 0 Å². The van der Waals surface area contributed by atoms with Crippen LogP contribution in [0.15, 0.2) is 35.2 Å². The molecular weight excluding hydrogens is 332 g/mol. The summed E-state index contributed by atoms with van der Waals surface area (Å²) in [7, 11) is -3.72. The van der Waals surface area contributed by atoms with Gasteiger partial charge >= 0.3 is 11.9 Å². The van der Waals surface area contributed by atoms with Gasteiger partial charge in [0.15, 0.2) is 15.9 Å². The molecule has 0 saturated heterocycles. The SMILES string of the molecule is CC(=O)OC1CCC2CC2(S(=O)(=O)c2ccccc2)C1OC(C)=O. The van der Waals surface area contributed by atoms with Gasteiger partial charge < -0.3 is 9.47 Å². The Labute approximate surface area is 141 Å². The molecule has 4 unspecified atom stereocenters. The van der Waals surface area contributed by atoms with Crippen molar-refractivity contribution in [3.63, 3.8) is 0 Å². The van der Waals surface area contributed by atoms with E-state index in [4.69, 9.17) is 9.47 Å². The second-order valence-electron chi connectivity index (χ2n) is 6.43. The van der Waals surface area contributed by atoms with E-state index in [0.717, 1.165) is 0 Å². The van der Waals surface area contributed by atoms with Crippen molar-refractivity contribution in [2.75, 3.05) is 0 Å². The van der Waals surface area contributed by atoms with Gasteiger partial charge in [0, 0.05) is 13.8 Å². The van der Waals surface area contributed by atoms with E-state index in [1.165, 1.54) is 13.8 Å². The minimum absolute atomic E-state index is 0.0844. The maximum absolute atomic E-state index is 13.2. The van der Waals surface area contributed by atoms with E-state index in [1.807, 2.05) is 0 Å². The molecule has 2 fully saturated rings. The lowest BCUT2D eigenvalue weighted by Crippen LogP contribution is -2.52. The number of carbonyl (C=O) groups excluding carboxylic acids is 2. The molecule has 2 aliphatic carbocycles. The van der Waals surface area contributed by atoms with Crippen molar-refractivity contribution in [3.05, 3.63) is 30.3 Å². The Bertz CT molecular complexity index is 757. The third kappa shape index (κ3) is 2.60. The fourth-order valence-electron chi connectivity index (χ4n) is 3.84. The summed E-state index contributed by atoms with van der Waals surface area (Å²) in [5.41, 5.74) is 0. The summed E-state index contributed by atoms with van der Waals surface area (Å²) in [6, 6.07) is 8.15. The predicted molar refractivity (Wildman–Crippen MR) is 84.8 cm³/mol. The third-order valence-electron chi connectivity index (χ3n) is 4.88. The van der Waals surface area contributed by atoms with Crippen molar-refractivity contribution in [1.29, 1.82) is 0 Å². The minimum Gasteiger partial charge on any atom is -0.459 e. The standard InChI is InChI=1S/C17H20O6S/c1-11(18)22-15-9-8-13-10-17(13,16(15)23-12(2)19)24(20,21)14-6-4-3-5-7-14/h3-7,13,15-16H,8-10H2,1-2H3. The van der Waals surface area contributed by atoms with E-state index in [9.17, 15) is 18.0 Å². The molecule has 0 aliphatic heterocycles. The number of ether oxygens (including phenoxy) is 2. The number of hydrogen-bond donors (Lipinski definition) is 0. The first-order chi connectivity index (χ1) is 11.3. The number of hydrogen-bond acceptors (Lipinski definition) is 6. The topological polar surface area (TPSA) is 86.7 Å². The fourth-order valence-corrected chi connectivity index (χ4v) is 6.28. The Balaban J connectivity index is 2.03. The molecule has 0 amide bonds. The maximum atomic E-state index is 13.2. The van der Waals surface area contributed by atoms with Crippen LogP contribution in [0.1, 0.15) is 33.1 Å². The highest BCUT2D eigenvalue weighted by atomic mass is 32.2. The van der Waals surface area contributed by atoms with Crippen molar-refractivity contribution >= 4 is 21.8 Å². The summed E-state index contributed by atoms with van der Waals surface area (Å²) in [6.07, 6.45) is -0.165. The summed E-state index contributed by atoms with van der Waals surface area (Å²) < 4.78 is 35.9. The van der Waals surface area contributed by atoms with Gasteiger partial charge in [0.1, 0.15) is 10.9 Å². The van der Waals surface area contributed by atoms with E-state index < -0.39 is 38.7 Å². The highest BCUT2D eigenvalue weighted by Crippen LogP contribution is 2.61. The van der Waals surface area contributed by atoms with Crippen LogP contribution in [0.5, 0.6) is 0 Å². The fraction of sp³-hybridized carbons (Fsp3) is 0.529. The molecule has 1 aromatic carbocycles. The van der Waals surface area contributed by atoms with E-state index in [0.29, 0.717) is 19.3 Å². The van der Waals surface area contributed by atoms with Gasteiger partial charge in [-0.05, 0) is 37.3 Å². The van der Waals surface area contributed by atoms with E-state index in [1.54, 1.807) is 30.3 Å². The molecule has 7 heteroatoms. The number of sulfone groups is 1. The summed E-state index contributed by atoms with van der Waals surface area (Å²) in [4.78, 5) is 23.1. The quantitative estimate of drug-likeness (QED) is 0.769. The van der Waals surface area contributed by atoms with Crippen molar-refractivity contribution in [2.24, 2.45) is 5.92 Å². The van der Waals surface area contributed by atoms with Crippen LogP contribution in [-0.4, -0.2) is 37.3 Å². The summed E-state index contributed by atoms with van der Waals surface area (Å²) >= 11 is 0. The molecule has 2 saturated carbocycles. The van der Waals surface area contributed by atoms with Crippen LogP contribution >= 0.6 is 0 Å². The van der Waals surface area contributed by atoms with Gasteiger partial charge in [-0.1, -0.05) is 18.2 Å². The Kier molecular flexibility index (Phi) is 4.15. The molecule has 0 bridgehead atoms. The van der Waals surface area contributed by atoms with Crippen LogP contribution in [0, 0.1) is 5.92 Å². The lowest BCUT2D eigenvalue weighted by atomic mass is 9.94. The number of benzene rings is 1. The van der Waals surface area contributed by atoms with Crippen LogP contribution in [0.2, 0.25) is 0 Å². The minimum atomic E-state index is -3.72. The van der Waals surface area contributed by atoms with E-state index in [-0.39, 0.29) is 10.8 Å². The zero-order valence-electron chi connectivity index (χ0n) is 13.6. The zero-order valence-corrected chi connectivity index (χ0v) is 14.4. The number of esters is 2. The zero-order chi connectivity index (χ0) is 17.5. The lowest BCUT2D eigenvalue weighted by Gasteiger charge is -2.36. The van der Waals surface area contributed by atoms with Gasteiger partial charge in [0.2, 0.25) is 0 Å². The van der Waals surface area contributed by atoms with Crippen LogP contribution in [0.3, 0.4) is 0 Å². The van der Waals surface area contributed by atoms with Crippen molar-refractivity contribution < 1.29 is 27.5 Å². The Morgan fingerprint density at radius 3 is 2.25 bits per heavy atom. The molecular formula is C17H20O6S. The molecule has 0 N–H and O–H groups in total. The normalized spacial score (nSPS) is 31.7. The summed E-state index contributed by atoms with van der Waals surface area (Å²) in [5, 5.41) is 0. The molecule has 0 spiro atoms. The van der Waals surface area contributed by atoms with Gasteiger partial charge in [-0.15, -0.1) is 0 Å². The van der Waals surface area contributed by atoms with Gasteiger partial charge in [0.25, 0.3) is 0 Å². The molecule has 1 aromatic rings. The Hall–Kier alpha value is -1.89. The molecule has 0 heterocycles. The lowest BCUT2D eigenvalue weighted by molar-refractivity contribution is -0.169. The van der Waals surface area contributed by atoms with Crippen LogP contribution < -0.4 is 0 Å². The predicted octanol–water partition coefficient (Wildman–Crippen LogP) is 1.88. The van der Waals surface area contributed by atoms with Gasteiger partial charge in [-0.2, -0.15) is 0 Å². The monoisotopic (exact) mass is 352 g/mol. The van der Waals surface area contributed by atoms with Crippen LogP contribution in [-0.2, 0) is 28.9 Å². The first-order valence-corrected chi connectivity index (χ1v) is 9.41. The second-order valence-corrected chi connectivity index (χ2v) is 8.67. The molecule has 6 nitrogen and oxygen atoms in total. The van der Waals surface area contributed by atoms with Crippen LogP contribution in [0.25, 0.3) is 0 Å². The molecule has 4 atom stereocenters. The Morgan fingerprint density at radius 1 is 1.04 bits per heavy atom. The average molecular weight is 352 g/mol. The molecule has 0 radical (unpaired) electrons. The maximum Gasteiger partial charge on any atom is 0.303 e. The third-order valence-corrected chi connectivity index (χ3v) is 7.51. The first kappa shape index (κ1) is 17.0. The number of rotatable bonds is 4. The summed E-state index contributed by atoms with van der Waals surface area (Å²) in [5.74, 6) is -1.17. The average Bonchev–Trinajstić information content (AvgIpc) is 3.26. The first-order valence-electron chi connectivity index (χ1n) is 7.93. The van der Waals surface area contributed by atoms with E-state index in [2.05, 4.69) is 0 Å². The molecule has 2 aliphatic rings.